The van der Waals surface area contributed by atoms with Gasteiger partial charge in [0.2, 0.25) is 5.88 Å². The number of ether oxygens (including phenoxy) is 1. The molecule has 1 aromatic heterocycles. The number of hydrogen-bond acceptors (Lipinski definition) is 3. The number of hydrogen-bond donors (Lipinski definition) is 0. The van der Waals surface area contributed by atoms with Crippen molar-refractivity contribution in [3.63, 3.8) is 0 Å². The van der Waals surface area contributed by atoms with Crippen LogP contribution in [0.5, 0.6) is 5.88 Å². The molecule has 1 aromatic rings. The average Bonchev–Trinajstić information content (AvgIpc) is 2.13. The molecule has 0 radical (unpaired) electrons. The van der Waals surface area contributed by atoms with E-state index in [2.05, 4.69) is 10.2 Å². The molecule has 0 aliphatic heterocycles. The van der Waals surface area contributed by atoms with Gasteiger partial charge in [-0.1, -0.05) is 11.6 Å². The molecule has 1 heterocycles. The molecule has 0 saturated heterocycles. The van der Waals surface area contributed by atoms with Crippen molar-refractivity contribution in [2.24, 2.45) is 0 Å². The molecular weight excluding hydrogens is 214 g/mol. The molecule has 0 atom stereocenters. The van der Waals surface area contributed by atoms with Gasteiger partial charge in [0.05, 0.1) is 0 Å². The Bertz CT molecular complexity index is 333. The van der Waals surface area contributed by atoms with Gasteiger partial charge in [-0.25, -0.2) is 8.78 Å². The number of aromatic nitrogens is 2. The van der Waals surface area contributed by atoms with Crippen LogP contribution in [-0.4, -0.2) is 23.2 Å². The van der Waals surface area contributed by atoms with Crippen molar-refractivity contribution in [2.75, 3.05) is 6.61 Å². The topological polar surface area (TPSA) is 35.0 Å². The van der Waals surface area contributed by atoms with Crippen molar-refractivity contribution in [3.8, 4) is 5.88 Å². The lowest BCUT2D eigenvalue weighted by Gasteiger charge is -2.08. The Morgan fingerprint density at radius 1 is 1.29 bits per heavy atom. The van der Waals surface area contributed by atoms with Crippen LogP contribution in [0.2, 0.25) is 5.15 Å². The zero-order valence-electron chi connectivity index (χ0n) is 7.72. The van der Waals surface area contributed by atoms with Gasteiger partial charge in [0, 0.05) is 5.56 Å². The van der Waals surface area contributed by atoms with Crippen molar-refractivity contribution in [2.45, 2.75) is 20.3 Å². The molecule has 0 N–H and O–H groups in total. The largest absolute Gasteiger partial charge is 0.470 e. The first kappa shape index (κ1) is 11.1. The summed E-state index contributed by atoms with van der Waals surface area (Å²) in [6.45, 7) is 2.73. The Morgan fingerprint density at radius 3 is 2.50 bits per heavy atom. The standard InChI is InChI=1S/C8H9ClF2N2O/c1-4-5(2)8(13-12-7(4)9)14-3-6(10)11/h6H,3H2,1-2H3. The van der Waals surface area contributed by atoms with Crippen LogP contribution in [0.3, 0.4) is 0 Å². The Labute approximate surface area is 85.0 Å². The van der Waals surface area contributed by atoms with Gasteiger partial charge in [-0.2, -0.15) is 0 Å². The SMILES string of the molecule is Cc1c(Cl)nnc(OCC(F)F)c1C. The summed E-state index contributed by atoms with van der Waals surface area (Å²) in [5, 5.41) is 7.39. The maximum atomic E-state index is 11.8. The summed E-state index contributed by atoms with van der Waals surface area (Å²) in [4.78, 5) is 0. The second-order valence-corrected chi connectivity index (χ2v) is 3.11. The first-order valence-corrected chi connectivity index (χ1v) is 4.30. The molecule has 0 fully saturated rings. The minimum Gasteiger partial charge on any atom is -0.470 e. The highest BCUT2D eigenvalue weighted by molar-refractivity contribution is 6.30. The van der Waals surface area contributed by atoms with Crippen LogP contribution in [0.1, 0.15) is 11.1 Å². The summed E-state index contributed by atoms with van der Waals surface area (Å²) in [5.41, 5.74) is 1.32. The third kappa shape index (κ3) is 2.51. The zero-order chi connectivity index (χ0) is 10.7. The molecule has 14 heavy (non-hydrogen) atoms. The molecule has 0 bridgehead atoms. The van der Waals surface area contributed by atoms with E-state index in [1.54, 1.807) is 13.8 Å². The normalized spacial score (nSPS) is 10.7. The van der Waals surface area contributed by atoms with Gasteiger partial charge in [-0.15, -0.1) is 10.2 Å². The van der Waals surface area contributed by atoms with Gasteiger partial charge in [0.1, 0.15) is 0 Å². The van der Waals surface area contributed by atoms with E-state index >= 15 is 0 Å². The van der Waals surface area contributed by atoms with Crippen LogP contribution in [0.4, 0.5) is 8.78 Å². The number of alkyl halides is 2. The van der Waals surface area contributed by atoms with Gasteiger partial charge in [-0.3, -0.25) is 0 Å². The molecule has 0 aliphatic rings. The molecule has 6 heteroatoms. The van der Waals surface area contributed by atoms with Gasteiger partial charge < -0.3 is 4.74 Å². The number of halogens is 3. The molecule has 3 nitrogen and oxygen atoms in total. The van der Waals surface area contributed by atoms with Gasteiger partial charge in [0.15, 0.2) is 11.8 Å². The van der Waals surface area contributed by atoms with Crippen LogP contribution in [0.25, 0.3) is 0 Å². The van der Waals surface area contributed by atoms with Crippen LogP contribution in [0, 0.1) is 13.8 Å². The Balaban J connectivity index is 2.83. The molecule has 0 spiro atoms. The Hall–Kier alpha value is -0.970. The van der Waals surface area contributed by atoms with E-state index < -0.39 is 13.0 Å². The summed E-state index contributed by atoms with van der Waals surface area (Å²) >= 11 is 5.67. The fourth-order valence-corrected chi connectivity index (χ4v) is 1.01. The minimum atomic E-state index is -2.52. The fourth-order valence-electron chi connectivity index (χ4n) is 0.833. The monoisotopic (exact) mass is 222 g/mol. The van der Waals surface area contributed by atoms with Gasteiger partial charge >= 0.3 is 0 Å². The predicted octanol–water partition coefficient (Wildman–Crippen LogP) is 2.39. The van der Waals surface area contributed by atoms with Crippen molar-refractivity contribution in [3.05, 3.63) is 16.3 Å². The maximum Gasteiger partial charge on any atom is 0.272 e. The molecular formula is C8H9ClF2N2O. The maximum absolute atomic E-state index is 11.8. The van der Waals surface area contributed by atoms with E-state index in [1.165, 1.54) is 0 Å². The summed E-state index contributed by atoms with van der Waals surface area (Å²) < 4.78 is 28.4. The van der Waals surface area contributed by atoms with E-state index in [1.807, 2.05) is 0 Å². The first-order chi connectivity index (χ1) is 6.52. The second kappa shape index (κ2) is 4.50. The van der Waals surface area contributed by atoms with E-state index in [4.69, 9.17) is 16.3 Å². The van der Waals surface area contributed by atoms with Crippen molar-refractivity contribution in [1.82, 2.24) is 10.2 Å². The lowest BCUT2D eigenvalue weighted by molar-refractivity contribution is 0.0786. The summed E-state index contributed by atoms with van der Waals surface area (Å²) in [7, 11) is 0. The van der Waals surface area contributed by atoms with Gasteiger partial charge in [0.25, 0.3) is 6.43 Å². The zero-order valence-corrected chi connectivity index (χ0v) is 8.48. The van der Waals surface area contributed by atoms with E-state index in [-0.39, 0.29) is 11.0 Å². The fraction of sp³-hybridized carbons (Fsp3) is 0.500. The van der Waals surface area contributed by atoms with E-state index in [0.717, 1.165) is 0 Å². The van der Waals surface area contributed by atoms with Crippen molar-refractivity contribution >= 4 is 11.6 Å². The average molecular weight is 223 g/mol. The highest BCUT2D eigenvalue weighted by Crippen LogP contribution is 2.22. The molecule has 0 aliphatic carbocycles. The summed E-state index contributed by atoms with van der Waals surface area (Å²) in [6.07, 6.45) is -2.52. The van der Waals surface area contributed by atoms with Gasteiger partial charge in [-0.05, 0) is 19.4 Å². The second-order valence-electron chi connectivity index (χ2n) is 2.75. The molecule has 0 unspecified atom stereocenters. The molecule has 0 saturated carbocycles. The van der Waals surface area contributed by atoms with Crippen molar-refractivity contribution in [1.29, 1.82) is 0 Å². The highest BCUT2D eigenvalue weighted by atomic mass is 35.5. The Kier molecular flexibility index (Phi) is 3.57. The third-order valence-corrected chi connectivity index (χ3v) is 2.13. The molecule has 0 amide bonds. The summed E-state index contributed by atoms with van der Waals surface area (Å²) in [5.74, 6) is 0.104. The first-order valence-electron chi connectivity index (χ1n) is 3.92. The quantitative estimate of drug-likeness (QED) is 0.788. The highest BCUT2D eigenvalue weighted by Gasteiger charge is 2.11. The number of rotatable bonds is 3. The summed E-state index contributed by atoms with van der Waals surface area (Å²) in [6, 6.07) is 0. The van der Waals surface area contributed by atoms with E-state index in [9.17, 15) is 8.78 Å². The van der Waals surface area contributed by atoms with E-state index in [0.29, 0.717) is 11.1 Å². The predicted molar refractivity (Wildman–Crippen MR) is 48.0 cm³/mol. The lowest BCUT2D eigenvalue weighted by Crippen LogP contribution is -2.10. The molecule has 0 aromatic carbocycles. The van der Waals surface area contributed by atoms with Crippen LogP contribution in [-0.2, 0) is 0 Å². The van der Waals surface area contributed by atoms with Crippen LogP contribution in [0.15, 0.2) is 0 Å². The molecule has 1 rings (SSSR count). The Morgan fingerprint density at radius 2 is 1.93 bits per heavy atom. The minimum absolute atomic E-state index is 0.104. The van der Waals surface area contributed by atoms with Crippen molar-refractivity contribution < 1.29 is 13.5 Å². The number of nitrogens with zero attached hydrogens (tertiary/aromatic N) is 2. The molecule has 78 valence electrons. The van der Waals surface area contributed by atoms with Crippen LogP contribution >= 0.6 is 11.6 Å². The lowest BCUT2D eigenvalue weighted by atomic mass is 10.2. The smallest absolute Gasteiger partial charge is 0.272 e. The van der Waals surface area contributed by atoms with Crippen LogP contribution < -0.4 is 4.74 Å². The third-order valence-electron chi connectivity index (χ3n) is 1.77.